The quantitative estimate of drug-likeness (QED) is 0.671. The van der Waals surface area contributed by atoms with Crippen molar-refractivity contribution in [3.8, 4) is 5.75 Å². The van der Waals surface area contributed by atoms with Crippen molar-refractivity contribution in [2.45, 2.75) is 13.8 Å². The standard InChI is InChI=1S/C17H16N2O4/c1-11(20)18-14-5-3-13(4-6-14)17(22)23-16-9-7-15(8-10-16)19-12(2)21/h3-10H,1-2H3,(H,18,20)(H,19,21). The van der Waals surface area contributed by atoms with E-state index in [9.17, 15) is 14.4 Å². The summed E-state index contributed by atoms with van der Waals surface area (Å²) in [5.74, 6) is -0.490. The monoisotopic (exact) mass is 312 g/mol. The van der Waals surface area contributed by atoms with Crippen LogP contribution in [0.4, 0.5) is 11.4 Å². The Morgan fingerprint density at radius 2 is 1.17 bits per heavy atom. The van der Waals surface area contributed by atoms with Crippen LogP contribution in [0.1, 0.15) is 24.2 Å². The first kappa shape index (κ1) is 16.2. The second-order valence-corrected chi connectivity index (χ2v) is 4.85. The summed E-state index contributed by atoms with van der Waals surface area (Å²) in [6, 6.07) is 12.9. The number of benzene rings is 2. The highest BCUT2D eigenvalue weighted by Crippen LogP contribution is 2.18. The van der Waals surface area contributed by atoms with Gasteiger partial charge in [0.2, 0.25) is 11.8 Å². The average Bonchev–Trinajstić information content (AvgIpc) is 2.49. The van der Waals surface area contributed by atoms with Crippen molar-refractivity contribution in [3.05, 3.63) is 54.1 Å². The van der Waals surface area contributed by atoms with Gasteiger partial charge in [0.15, 0.2) is 0 Å². The van der Waals surface area contributed by atoms with Crippen LogP contribution in [0.25, 0.3) is 0 Å². The summed E-state index contributed by atoms with van der Waals surface area (Å²) in [4.78, 5) is 33.9. The largest absolute Gasteiger partial charge is 0.423 e. The summed E-state index contributed by atoms with van der Waals surface area (Å²) in [6.45, 7) is 2.82. The maximum atomic E-state index is 12.0. The molecule has 2 N–H and O–H groups in total. The van der Waals surface area contributed by atoms with E-state index in [4.69, 9.17) is 4.74 Å². The van der Waals surface area contributed by atoms with Gasteiger partial charge in [-0.15, -0.1) is 0 Å². The van der Waals surface area contributed by atoms with Crippen LogP contribution >= 0.6 is 0 Å². The molecule has 0 radical (unpaired) electrons. The minimum absolute atomic E-state index is 0.172. The highest BCUT2D eigenvalue weighted by molar-refractivity contribution is 5.93. The molecule has 0 spiro atoms. The summed E-state index contributed by atoms with van der Waals surface area (Å²) in [5, 5.41) is 5.24. The van der Waals surface area contributed by atoms with E-state index in [2.05, 4.69) is 10.6 Å². The lowest BCUT2D eigenvalue weighted by atomic mass is 10.2. The van der Waals surface area contributed by atoms with Crippen molar-refractivity contribution in [3.63, 3.8) is 0 Å². The fourth-order valence-corrected chi connectivity index (χ4v) is 1.87. The predicted molar refractivity (Wildman–Crippen MR) is 86.4 cm³/mol. The molecule has 0 saturated carbocycles. The average molecular weight is 312 g/mol. The van der Waals surface area contributed by atoms with E-state index >= 15 is 0 Å². The number of rotatable bonds is 4. The Morgan fingerprint density at radius 1 is 0.739 bits per heavy atom. The number of hydrogen-bond acceptors (Lipinski definition) is 4. The molecule has 0 atom stereocenters. The van der Waals surface area contributed by atoms with E-state index in [0.29, 0.717) is 22.7 Å². The van der Waals surface area contributed by atoms with Crippen molar-refractivity contribution in [2.24, 2.45) is 0 Å². The number of carbonyl (C=O) groups is 3. The third kappa shape index (κ3) is 4.96. The van der Waals surface area contributed by atoms with Crippen molar-refractivity contribution >= 4 is 29.2 Å². The van der Waals surface area contributed by atoms with Gasteiger partial charge in [0.1, 0.15) is 5.75 Å². The van der Waals surface area contributed by atoms with Crippen molar-refractivity contribution < 1.29 is 19.1 Å². The Hall–Kier alpha value is -3.15. The predicted octanol–water partition coefficient (Wildman–Crippen LogP) is 2.82. The molecule has 0 aliphatic carbocycles. The lowest BCUT2D eigenvalue weighted by molar-refractivity contribution is -0.115. The van der Waals surface area contributed by atoms with Gasteiger partial charge >= 0.3 is 5.97 Å². The van der Waals surface area contributed by atoms with Crippen molar-refractivity contribution in [1.82, 2.24) is 0 Å². The third-order valence-corrected chi connectivity index (χ3v) is 2.83. The third-order valence-electron chi connectivity index (χ3n) is 2.83. The van der Waals surface area contributed by atoms with Gasteiger partial charge in [-0.25, -0.2) is 4.79 Å². The Bertz CT molecular complexity index is 721. The fourth-order valence-electron chi connectivity index (χ4n) is 1.87. The maximum absolute atomic E-state index is 12.0. The Morgan fingerprint density at radius 3 is 1.61 bits per heavy atom. The van der Waals surface area contributed by atoms with Crippen LogP contribution in [0, 0.1) is 0 Å². The second kappa shape index (κ2) is 7.22. The SMILES string of the molecule is CC(=O)Nc1ccc(OC(=O)c2ccc(NC(C)=O)cc2)cc1. The Labute approximate surface area is 133 Å². The van der Waals surface area contributed by atoms with Crippen LogP contribution in [-0.2, 0) is 9.59 Å². The van der Waals surface area contributed by atoms with E-state index < -0.39 is 5.97 Å². The van der Waals surface area contributed by atoms with E-state index in [1.807, 2.05) is 0 Å². The van der Waals surface area contributed by atoms with Gasteiger partial charge in [-0.2, -0.15) is 0 Å². The molecule has 0 heterocycles. The molecule has 2 rings (SSSR count). The van der Waals surface area contributed by atoms with Gasteiger partial charge in [-0.3, -0.25) is 9.59 Å². The smallest absolute Gasteiger partial charge is 0.343 e. The van der Waals surface area contributed by atoms with Crippen LogP contribution in [-0.4, -0.2) is 17.8 Å². The van der Waals surface area contributed by atoms with Gasteiger partial charge in [0.25, 0.3) is 0 Å². The lowest BCUT2D eigenvalue weighted by Gasteiger charge is -2.07. The molecule has 2 amide bonds. The summed E-state index contributed by atoms with van der Waals surface area (Å²) in [6.07, 6.45) is 0. The van der Waals surface area contributed by atoms with Crippen molar-refractivity contribution in [1.29, 1.82) is 0 Å². The minimum atomic E-state index is -0.508. The van der Waals surface area contributed by atoms with Gasteiger partial charge < -0.3 is 15.4 Å². The first-order valence-electron chi connectivity index (χ1n) is 6.91. The molecular weight excluding hydrogens is 296 g/mol. The number of carbonyl (C=O) groups excluding carboxylic acids is 3. The summed E-state index contributed by atoms with van der Waals surface area (Å²) in [5.41, 5.74) is 1.59. The van der Waals surface area contributed by atoms with Gasteiger partial charge in [0, 0.05) is 25.2 Å². The topological polar surface area (TPSA) is 84.5 Å². The highest BCUT2D eigenvalue weighted by Gasteiger charge is 2.09. The van der Waals surface area contributed by atoms with Crippen LogP contribution in [0.3, 0.4) is 0 Å². The molecule has 6 heteroatoms. The summed E-state index contributed by atoms with van der Waals surface area (Å²) >= 11 is 0. The molecule has 23 heavy (non-hydrogen) atoms. The number of nitrogens with one attached hydrogen (secondary N) is 2. The number of hydrogen-bond donors (Lipinski definition) is 2. The van der Waals surface area contributed by atoms with E-state index in [1.165, 1.54) is 13.8 Å². The number of anilines is 2. The van der Waals surface area contributed by atoms with Crippen LogP contribution in [0.15, 0.2) is 48.5 Å². The molecule has 6 nitrogen and oxygen atoms in total. The number of amides is 2. The molecular formula is C17H16N2O4. The lowest BCUT2D eigenvalue weighted by Crippen LogP contribution is -2.10. The van der Waals surface area contributed by atoms with E-state index in [0.717, 1.165) is 0 Å². The van der Waals surface area contributed by atoms with Crippen LogP contribution in [0.2, 0.25) is 0 Å². The van der Waals surface area contributed by atoms with Crippen LogP contribution < -0.4 is 15.4 Å². The first-order chi connectivity index (χ1) is 10.9. The molecule has 0 aliphatic rings. The zero-order valence-corrected chi connectivity index (χ0v) is 12.8. The Balaban J connectivity index is 2.01. The molecule has 0 aliphatic heterocycles. The molecule has 0 bridgehead atoms. The zero-order chi connectivity index (χ0) is 16.8. The first-order valence-corrected chi connectivity index (χ1v) is 6.91. The summed E-state index contributed by atoms with van der Waals surface area (Å²) < 4.78 is 5.24. The molecule has 0 saturated heterocycles. The molecule has 2 aromatic carbocycles. The van der Waals surface area contributed by atoms with E-state index in [-0.39, 0.29) is 11.8 Å². The second-order valence-electron chi connectivity index (χ2n) is 4.85. The molecule has 0 aromatic heterocycles. The highest BCUT2D eigenvalue weighted by atomic mass is 16.5. The molecule has 0 unspecified atom stereocenters. The maximum Gasteiger partial charge on any atom is 0.343 e. The van der Waals surface area contributed by atoms with Gasteiger partial charge in [-0.05, 0) is 48.5 Å². The normalized spacial score (nSPS) is 9.83. The van der Waals surface area contributed by atoms with Gasteiger partial charge in [0.05, 0.1) is 5.56 Å². The molecule has 2 aromatic rings. The zero-order valence-electron chi connectivity index (χ0n) is 12.8. The van der Waals surface area contributed by atoms with E-state index in [1.54, 1.807) is 48.5 Å². The minimum Gasteiger partial charge on any atom is -0.423 e. The van der Waals surface area contributed by atoms with Crippen molar-refractivity contribution in [2.75, 3.05) is 10.6 Å². The molecule has 0 fully saturated rings. The fraction of sp³-hybridized carbons (Fsp3) is 0.118. The van der Waals surface area contributed by atoms with Gasteiger partial charge in [-0.1, -0.05) is 0 Å². The van der Waals surface area contributed by atoms with Crippen LogP contribution in [0.5, 0.6) is 5.75 Å². The number of esters is 1. The number of ether oxygens (including phenoxy) is 1. The summed E-state index contributed by atoms with van der Waals surface area (Å²) in [7, 11) is 0. The molecule has 118 valence electrons. The Kier molecular flexibility index (Phi) is 5.09.